The van der Waals surface area contributed by atoms with Gasteiger partial charge in [0.05, 0.1) is 28.5 Å². The Morgan fingerprint density at radius 3 is 2.85 bits per heavy atom. The van der Waals surface area contributed by atoms with E-state index in [4.69, 9.17) is 4.74 Å². The molecule has 2 atom stereocenters. The van der Waals surface area contributed by atoms with Gasteiger partial charge in [0.15, 0.2) is 15.9 Å². The highest BCUT2D eigenvalue weighted by molar-refractivity contribution is 8.00. The molecule has 8 nitrogen and oxygen atoms in total. The molecule has 0 spiro atoms. The van der Waals surface area contributed by atoms with Crippen LogP contribution in [-0.4, -0.2) is 55.6 Å². The van der Waals surface area contributed by atoms with Crippen LogP contribution in [0.5, 0.6) is 0 Å². The highest BCUT2D eigenvalue weighted by Gasteiger charge is 2.31. The lowest BCUT2D eigenvalue weighted by Gasteiger charge is -2.18. The number of carbonyl (C=O) groups is 3. The summed E-state index contributed by atoms with van der Waals surface area (Å²) in [6.45, 7) is 1.42. The smallest absolute Gasteiger partial charge is 0.338 e. The van der Waals surface area contributed by atoms with Crippen molar-refractivity contribution in [2.24, 2.45) is 0 Å². The predicted molar refractivity (Wildman–Crippen MR) is 95.9 cm³/mol. The van der Waals surface area contributed by atoms with Gasteiger partial charge in [0.2, 0.25) is 5.91 Å². The number of esters is 1. The summed E-state index contributed by atoms with van der Waals surface area (Å²) in [6, 6.07) is 4.34. The van der Waals surface area contributed by atoms with Crippen molar-refractivity contribution < 1.29 is 27.5 Å². The SMILES string of the molecule is C[C@@H](OC(=O)c1ccc2c(c1)NC(=O)CS2)C(=O)N[C@@H]1CCS(=O)(=O)C1. The van der Waals surface area contributed by atoms with E-state index in [2.05, 4.69) is 10.6 Å². The van der Waals surface area contributed by atoms with Gasteiger partial charge in [-0.2, -0.15) is 0 Å². The van der Waals surface area contributed by atoms with Crippen molar-refractivity contribution >= 4 is 45.1 Å². The molecule has 2 heterocycles. The number of amides is 2. The summed E-state index contributed by atoms with van der Waals surface area (Å²) < 4.78 is 28.0. The first-order valence-corrected chi connectivity index (χ1v) is 10.8. The lowest BCUT2D eigenvalue weighted by molar-refractivity contribution is -0.129. The van der Waals surface area contributed by atoms with Crippen LogP contribution in [0.2, 0.25) is 0 Å². The molecule has 10 heteroatoms. The molecule has 26 heavy (non-hydrogen) atoms. The number of rotatable bonds is 4. The highest BCUT2D eigenvalue weighted by Crippen LogP contribution is 2.32. The largest absolute Gasteiger partial charge is 0.449 e. The molecule has 1 aromatic carbocycles. The molecule has 2 aliphatic rings. The summed E-state index contributed by atoms with van der Waals surface area (Å²) in [4.78, 5) is 36.7. The topological polar surface area (TPSA) is 119 Å². The van der Waals surface area contributed by atoms with Crippen LogP contribution in [0.4, 0.5) is 5.69 Å². The Hall–Kier alpha value is -2.07. The van der Waals surface area contributed by atoms with Crippen molar-refractivity contribution in [3.8, 4) is 0 Å². The standard InChI is InChI=1S/C16H18N2O6S2/c1-9(15(20)17-11-4-5-26(22,23)8-11)24-16(21)10-2-3-13-12(6-10)18-14(19)7-25-13/h2-3,6,9,11H,4-5,7-8H2,1H3,(H,17,20)(H,18,19)/t9-,11-/m1/s1. The molecule has 0 bridgehead atoms. The van der Waals surface area contributed by atoms with E-state index in [1.807, 2.05) is 0 Å². The maximum Gasteiger partial charge on any atom is 0.338 e. The van der Waals surface area contributed by atoms with E-state index in [9.17, 15) is 22.8 Å². The molecule has 0 saturated carbocycles. The highest BCUT2D eigenvalue weighted by atomic mass is 32.2. The Morgan fingerprint density at radius 2 is 2.15 bits per heavy atom. The minimum atomic E-state index is -3.11. The molecule has 0 aromatic heterocycles. The summed E-state index contributed by atoms with van der Waals surface area (Å²) in [5.41, 5.74) is 0.753. The average molecular weight is 398 g/mol. The van der Waals surface area contributed by atoms with Gasteiger partial charge >= 0.3 is 5.97 Å². The molecule has 2 amide bonds. The van der Waals surface area contributed by atoms with Gasteiger partial charge in [-0.3, -0.25) is 9.59 Å². The van der Waals surface area contributed by atoms with E-state index in [0.717, 1.165) is 4.90 Å². The molecule has 3 rings (SSSR count). The Kier molecular flexibility index (Phi) is 5.24. The van der Waals surface area contributed by atoms with Crippen LogP contribution in [0.1, 0.15) is 23.7 Å². The van der Waals surface area contributed by atoms with Gasteiger partial charge in [-0.1, -0.05) is 0 Å². The van der Waals surface area contributed by atoms with Crippen molar-refractivity contribution in [1.29, 1.82) is 0 Å². The fraction of sp³-hybridized carbons (Fsp3) is 0.438. The number of hydrogen-bond acceptors (Lipinski definition) is 7. The van der Waals surface area contributed by atoms with Crippen molar-refractivity contribution in [1.82, 2.24) is 5.32 Å². The fourth-order valence-corrected chi connectivity index (χ4v) is 5.18. The number of ether oxygens (including phenoxy) is 1. The second-order valence-electron chi connectivity index (χ2n) is 6.20. The quantitative estimate of drug-likeness (QED) is 0.712. The van der Waals surface area contributed by atoms with Gasteiger partial charge in [-0.05, 0) is 31.5 Å². The zero-order chi connectivity index (χ0) is 18.9. The zero-order valence-electron chi connectivity index (χ0n) is 14.0. The van der Waals surface area contributed by atoms with Crippen LogP contribution in [-0.2, 0) is 24.2 Å². The van der Waals surface area contributed by atoms with E-state index in [1.54, 1.807) is 12.1 Å². The molecule has 0 unspecified atom stereocenters. The predicted octanol–water partition coefficient (Wildman–Crippen LogP) is 0.579. The van der Waals surface area contributed by atoms with Gasteiger partial charge in [0.1, 0.15) is 0 Å². The number of hydrogen-bond donors (Lipinski definition) is 2. The molecule has 140 valence electrons. The minimum Gasteiger partial charge on any atom is -0.449 e. The average Bonchev–Trinajstić information content (AvgIpc) is 2.92. The van der Waals surface area contributed by atoms with E-state index < -0.39 is 33.9 Å². The summed E-state index contributed by atoms with van der Waals surface area (Å²) >= 11 is 1.38. The summed E-state index contributed by atoms with van der Waals surface area (Å²) in [5.74, 6) is -1.11. The van der Waals surface area contributed by atoms with Crippen molar-refractivity contribution in [2.45, 2.75) is 30.4 Å². The normalized spacial score (nSPS) is 22.0. The number of sulfone groups is 1. The van der Waals surface area contributed by atoms with E-state index >= 15 is 0 Å². The first-order valence-electron chi connectivity index (χ1n) is 8.02. The number of anilines is 1. The van der Waals surface area contributed by atoms with Gasteiger partial charge in [0, 0.05) is 10.9 Å². The maximum absolute atomic E-state index is 12.2. The molecular weight excluding hydrogens is 380 g/mol. The zero-order valence-corrected chi connectivity index (χ0v) is 15.6. The summed E-state index contributed by atoms with van der Waals surface area (Å²) in [6.07, 6.45) is -0.706. The minimum absolute atomic E-state index is 0.0466. The maximum atomic E-state index is 12.2. The third-order valence-electron chi connectivity index (χ3n) is 4.08. The van der Waals surface area contributed by atoms with E-state index in [0.29, 0.717) is 17.9 Å². The second kappa shape index (κ2) is 7.28. The lowest BCUT2D eigenvalue weighted by atomic mass is 10.2. The monoisotopic (exact) mass is 398 g/mol. The molecule has 1 saturated heterocycles. The van der Waals surface area contributed by atoms with Crippen LogP contribution in [0.15, 0.2) is 23.1 Å². The summed E-state index contributed by atoms with van der Waals surface area (Å²) in [7, 11) is -3.11. The third kappa shape index (κ3) is 4.36. The molecule has 2 N–H and O–H groups in total. The van der Waals surface area contributed by atoms with Crippen LogP contribution in [0, 0.1) is 0 Å². The molecule has 1 fully saturated rings. The van der Waals surface area contributed by atoms with Crippen LogP contribution in [0.3, 0.4) is 0 Å². The van der Waals surface area contributed by atoms with Gasteiger partial charge in [-0.15, -0.1) is 11.8 Å². The van der Waals surface area contributed by atoms with Gasteiger partial charge in [-0.25, -0.2) is 13.2 Å². The van der Waals surface area contributed by atoms with Crippen molar-refractivity contribution in [2.75, 3.05) is 22.6 Å². The number of thioether (sulfide) groups is 1. The van der Waals surface area contributed by atoms with Gasteiger partial charge < -0.3 is 15.4 Å². The fourth-order valence-electron chi connectivity index (χ4n) is 2.72. The second-order valence-corrected chi connectivity index (χ2v) is 9.45. The number of nitrogens with one attached hydrogen (secondary N) is 2. The van der Waals surface area contributed by atoms with E-state index in [1.165, 1.54) is 24.8 Å². The number of fused-ring (bicyclic) bond motifs is 1. The molecular formula is C16H18N2O6S2. The molecule has 1 aromatic rings. The van der Waals surface area contributed by atoms with Crippen LogP contribution < -0.4 is 10.6 Å². The van der Waals surface area contributed by atoms with Crippen molar-refractivity contribution in [3.05, 3.63) is 23.8 Å². The van der Waals surface area contributed by atoms with Gasteiger partial charge in [0.25, 0.3) is 5.91 Å². The Morgan fingerprint density at radius 1 is 1.38 bits per heavy atom. The Bertz CT molecular complexity index is 867. The molecule has 0 aliphatic carbocycles. The third-order valence-corrected chi connectivity index (χ3v) is 6.92. The lowest BCUT2D eigenvalue weighted by Crippen LogP contribution is -2.42. The van der Waals surface area contributed by atoms with Crippen molar-refractivity contribution in [3.63, 3.8) is 0 Å². The van der Waals surface area contributed by atoms with Crippen LogP contribution in [0.25, 0.3) is 0 Å². The van der Waals surface area contributed by atoms with E-state index in [-0.39, 0.29) is 23.0 Å². The first-order chi connectivity index (χ1) is 12.2. The molecule has 0 radical (unpaired) electrons. The Labute approximate surface area is 155 Å². The number of benzene rings is 1. The molecule has 2 aliphatic heterocycles. The number of carbonyl (C=O) groups excluding carboxylic acids is 3. The first kappa shape index (κ1) is 18.7. The Balaban J connectivity index is 1.59. The van der Waals surface area contributed by atoms with Crippen LogP contribution >= 0.6 is 11.8 Å². The summed E-state index contributed by atoms with van der Waals surface area (Å²) in [5, 5.41) is 5.27.